The molecule has 0 radical (unpaired) electrons. The molecule has 0 heterocycles. The predicted molar refractivity (Wildman–Crippen MR) is 58.5 cm³/mol. The second kappa shape index (κ2) is 6.27. The molecule has 2 unspecified atom stereocenters. The van der Waals surface area contributed by atoms with Crippen molar-refractivity contribution in [1.29, 1.82) is 0 Å². The fourth-order valence-corrected chi connectivity index (χ4v) is 1.94. The van der Waals surface area contributed by atoms with Crippen LogP contribution in [0.3, 0.4) is 0 Å². The zero-order valence-corrected chi connectivity index (χ0v) is 9.51. The lowest BCUT2D eigenvalue weighted by molar-refractivity contribution is -0.138. The summed E-state index contributed by atoms with van der Waals surface area (Å²) in [5, 5.41) is 18.1. The highest BCUT2D eigenvalue weighted by molar-refractivity contribution is 7.99. The molecule has 0 amide bonds. The molecule has 0 bridgehead atoms. The number of aliphatic carboxylic acids is 1. The first-order valence-electron chi connectivity index (χ1n) is 4.67. The summed E-state index contributed by atoms with van der Waals surface area (Å²) in [5.41, 5.74) is 4.67. The third kappa shape index (κ3) is 6.23. The Morgan fingerprint density at radius 1 is 1.64 bits per heavy atom. The van der Waals surface area contributed by atoms with Gasteiger partial charge in [-0.1, -0.05) is 6.92 Å². The van der Waals surface area contributed by atoms with Gasteiger partial charge in [0.2, 0.25) is 0 Å². The van der Waals surface area contributed by atoms with Gasteiger partial charge >= 0.3 is 5.97 Å². The molecule has 5 heteroatoms. The Kier molecular flexibility index (Phi) is 6.15. The fourth-order valence-electron chi connectivity index (χ4n) is 0.728. The van der Waals surface area contributed by atoms with E-state index in [2.05, 4.69) is 0 Å². The summed E-state index contributed by atoms with van der Waals surface area (Å²) >= 11 is 1.54. The second-order valence-corrected chi connectivity index (χ2v) is 4.74. The van der Waals surface area contributed by atoms with Crippen molar-refractivity contribution in [3.05, 3.63) is 0 Å². The van der Waals surface area contributed by atoms with Crippen LogP contribution in [0.1, 0.15) is 26.7 Å². The lowest BCUT2D eigenvalue weighted by Gasteiger charge is -2.20. The van der Waals surface area contributed by atoms with Crippen molar-refractivity contribution in [2.24, 2.45) is 5.73 Å². The van der Waals surface area contributed by atoms with Crippen LogP contribution >= 0.6 is 11.8 Å². The second-order valence-electron chi connectivity index (χ2n) is 3.64. The van der Waals surface area contributed by atoms with Gasteiger partial charge in [-0.25, -0.2) is 0 Å². The van der Waals surface area contributed by atoms with Gasteiger partial charge in [0.25, 0.3) is 0 Å². The number of hydrogen-bond acceptors (Lipinski definition) is 4. The monoisotopic (exact) mass is 221 g/mol. The van der Waals surface area contributed by atoms with E-state index < -0.39 is 17.6 Å². The van der Waals surface area contributed by atoms with Crippen molar-refractivity contribution in [3.8, 4) is 0 Å². The number of hydrogen-bond donors (Lipinski definition) is 3. The molecule has 0 fully saturated rings. The standard InChI is InChI=1S/C9H19NO3S/c1-3-9(2,13)6-14-5-4-7(10)8(11)12/h7,13H,3-6,10H2,1-2H3,(H,11,12). The van der Waals surface area contributed by atoms with Crippen LogP contribution in [0.5, 0.6) is 0 Å². The van der Waals surface area contributed by atoms with Gasteiger partial charge in [0, 0.05) is 5.75 Å². The van der Waals surface area contributed by atoms with Gasteiger partial charge < -0.3 is 15.9 Å². The van der Waals surface area contributed by atoms with Crippen molar-refractivity contribution < 1.29 is 15.0 Å². The van der Waals surface area contributed by atoms with E-state index in [0.717, 1.165) is 0 Å². The molecule has 0 aromatic heterocycles. The average Bonchev–Trinajstić information content (AvgIpc) is 2.12. The highest BCUT2D eigenvalue weighted by Crippen LogP contribution is 2.17. The Hall–Kier alpha value is -0.260. The summed E-state index contributed by atoms with van der Waals surface area (Å²) in [4.78, 5) is 10.4. The smallest absolute Gasteiger partial charge is 0.320 e. The summed E-state index contributed by atoms with van der Waals surface area (Å²) in [6.07, 6.45) is 1.14. The predicted octanol–water partition coefficient (Wildman–Crippen LogP) is 0.683. The van der Waals surface area contributed by atoms with Gasteiger partial charge in [-0.15, -0.1) is 0 Å². The summed E-state index contributed by atoms with van der Waals surface area (Å²) in [7, 11) is 0. The normalized spacial score (nSPS) is 17.4. The molecule has 0 saturated carbocycles. The summed E-state index contributed by atoms with van der Waals surface area (Å²) < 4.78 is 0. The quantitative estimate of drug-likeness (QED) is 0.551. The topological polar surface area (TPSA) is 83.5 Å². The fraction of sp³-hybridized carbons (Fsp3) is 0.889. The van der Waals surface area contributed by atoms with Crippen molar-refractivity contribution in [2.75, 3.05) is 11.5 Å². The number of thioether (sulfide) groups is 1. The number of carboxylic acids is 1. The van der Waals surface area contributed by atoms with Gasteiger partial charge in [-0.05, 0) is 25.5 Å². The average molecular weight is 221 g/mol. The molecule has 0 aromatic rings. The first-order valence-corrected chi connectivity index (χ1v) is 5.83. The van der Waals surface area contributed by atoms with Gasteiger partial charge in [-0.3, -0.25) is 4.79 Å². The van der Waals surface area contributed by atoms with E-state index in [1.807, 2.05) is 6.92 Å². The first-order chi connectivity index (χ1) is 6.39. The molecule has 84 valence electrons. The van der Waals surface area contributed by atoms with Crippen molar-refractivity contribution in [3.63, 3.8) is 0 Å². The van der Waals surface area contributed by atoms with E-state index in [-0.39, 0.29) is 0 Å². The van der Waals surface area contributed by atoms with Crippen LogP contribution in [0.2, 0.25) is 0 Å². The summed E-state index contributed by atoms with van der Waals surface area (Å²) in [6.45, 7) is 3.70. The number of aliphatic hydroxyl groups is 1. The van der Waals surface area contributed by atoms with E-state index in [9.17, 15) is 9.90 Å². The molecule has 0 aliphatic carbocycles. The van der Waals surface area contributed by atoms with Crippen molar-refractivity contribution in [1.82, 2.24) is 0 Å². The van der Waals surface area contributed by atoms with Crippen molar-refractivity contribution >= 4 is 17.7 Å². The Morgan fingerprint density at radius 2 is 2.21 bits per heavy atom. The van der Waals surface area contributed by atoms with E-state index in [0.29, 0.717) is 24.3 Å². The molecule has 4 nitrogen and oxygen atoms in total. The Bertz CT molecular complexity index is 185. The maximum Gasteiger partial charge on any atom is 0.320 e. The molecular formula is C9H19NO3S. The number of carboxylic acid groups (broad SMARTS) is 1. The first kappa shape index (κ1) is 13.7. The largest absolute Gasteiger partial charge is 0.480 e. The SMILES string of the molecule is CCC(C)(O)CSCCC(N)C(=O)O. The molecule has 0 aliphatic rings. The Labute approximate surface area is 88.9 Å². The van der Waals surface area contributed by atoms with Gasteiger partial charge in [0.15, 0.2) is 0 Å². The minimum atomic E-state index is -0.965. The maximum absolute atomic E-state index is 10.4. The van der Waals surface area contributed by atoms with Crippen LogP contribution in [-0.4, -0.2) is 39.3 Å². The van der Waals surface area contributed by atoms with E-state index >= 15 is 0 Å². The van der Waals surface area contributed by atoms with Crippen molar-refractivity contribution in [2.45, 2.75) is 38.3 Å². The van der Waals surface area contributed by atoms with Gasteiger partial charge in [0.05, 0.1) is 5.60 Å². The lowest BCUT2D eigenvalue weighted by Crippen LogP contribution is -2.31. The molecule has 0 aromatic carbocycles. The van der Waals surface area contributed by atoms with E-state index in [1.54, 1.807) is 6.92 Å². The summed E-state index contributed by atoms with van der Waals surface area (Å²) in [5.74, 6) is 0.326. The number of carbonyl (C=O) groups is 1. The molecule has 0 rings (SSSR count). The van der Waals surface area contributed by atoms with Gasteiger partial charge in [-0.2, -0.15) is 11.8 Å². The van der Waals surface area contributed by atoms with Crippen LogP contribution in [0, 0.1) is 0 Å². The minimum Gasteiger partial charge on any atom is -0.480 e. The molecular weight excluding hydrogens is 202 g/mol. The third-order valence-electron chi connectivity index (χ3n) is 2.07. The number of rotatable bonds is 7. The lowest BCUT2D eigenvalue weighted by atomic mass is 10.1. The van der Waals surface area contributed by atoms with Crippen LogP contribution < -0.4 is 5.73 Å². The highest BCUT2D eigenvalue weighted by Gasteiger charge is 2.17. The molecule has 2 atom stereocenters. The number of nitrogens with two attached hydrogens (primary N) is 1. The molecule has 0 saturated heterocycles. The van der Waals surface area contributed by atoms with Crippen LogP contribution in [0.25, 0.3) is 0 Å². The van der Waals surface area contributed by atoms with Crippen LogP contribution in [0.4, 0.5) is 0 Å². The molecule has 0 aliphatic heterocycles. The zero-order valence-electron chi connectivity index (χ0n) is 8.69. The molecule has 0 spiro atoms. The molecule has 4 N–H and O–H groups in total. The third-order valence-corrected chi connectivity index (χ3v) is 3.42. The van der Waals surface area contributed by atoms with Crippen LogP contribution in [0.15, 0.2) is 0 Å². The maximum atomic E-state index is 10.4. The van der Waals surface area contributed by atoms with Gasteiger partial charge in [0.1, 0.15) is 6.04 Å². The summed E-state index contributed by atoms with van der Waals surface area (Å²) in [6, 6.07) is -0.783. The minimum absolute atomic E-state index is 0.444. The Balaban J connectivity index is 3.52. The van der Waals surface area contributed by atoms with E-state index in [4.69, 9.17) is 10.8 Å². The molecule has 14 heavy (non-hydrogen) atoms. The van der Waals surface area contributed by atoms with Crippen LogP contribution in [-0.2, 0) is 4.79 Å². The Morgan fingerprint density at radius 3 is 2.64 bits per heavy atom. The zero-order chi connectivity index (χ0) is 11.2. The highest BCUT2D eigenvalue weighted by atomic mass is 32.2. The van der Waals surface area contributed by atoms with E-state index in [1.165, 1.54) is 11.8 Å².